The van der Waals surface area contributed by atoms with Gasteiger partial charge in [0, 0.05) is 11.1 Å². The molecule has 0 aliphatic heterocycles. The first-order chi connectivity index (χ1) is 8.97. The predicted octanol–water partition coefficient (Wildman–Crippen LogP) is 4.17. The quantitative estimate of drug-likeness (QED) is 0.898. The Labute approximate surface area is 116 Å². The van der Waals surface area contributed by atoms with Crippen LogP contribution in [0, 0.1) is 18.6 Å². The molecule has 1 nitrogen and oxygen atoms in total. The maximum atomic E-state index is 13.7. The maximum Gasteiger partial charge on any atom is 0.127 e. The Kier molecular flexibility index (Phi) is 4.17. The molecule has 1 unspecified atom stereocenters. The zero-order valence-electron chi connectivity index (χ0n) is 10.5. The van der Waals surface area contributed by atoms with E-state index in [4.69, 9.17) is 17.3 Å². The van der Waals surface area contributed by atoms with Crippen molar-refractivity contribution in [3.05, 3.63) is 69.7 Å². The van der Waals surface area contributed by atoms with Crippen molar-refractivity contribution in [2.45, 2.75) is 19.4 Å². The van der Waals surface area contributed by atoms with Gasteiger partial charge in [-0.15, -0.1) is 0 Å². The second-order valence-electron chi connectivity index (χ2n) is 4.55. The van der Waals surface area contributed by atoms with Gasteiger partial charge in [0.05, 0.1) is 0 Å². The van der Waals surface area contributed by atoms with E-state index in [0.29, 0.717) is 22.6 Å². The molecule has 1 atom stereocenters. The van der Waals surface area contributed by atoms with Gasteiger partial charge in [-0.3, -0.25) is 0 Å². The van der Waals surface area contributed by atoms with Crippen molar-refractivity contribution in [1.29, 1.82) is 0 Å². The summed E-state index contributed by atoms with van der Waals surface area (Å²) in [6, 6.07) is 8.82. The average Bonchev–Trinajstić information content (AvgIpc) is 2.36. The molecule has 4 heteroatoms. The largest absolute Gasteiger partial charge is 0.324 e. The Morgan fingerprint density at radius 2 is 1.84 bits per heavy atom. The lowest BCUT2D eigenvalue weighted by atomic mass is 9.98. The fourth-order valence-corrected chi connectivity index (χ4v) is 2.10. The van der Waals surface area contributed by atoms with Gasteiger partial charge in [0.2, 0.25) is 0 Å². The Balaban J connectivity index is 2.20. The highest BCUT2D eigenvalue weighted by Crippen LogP contribution is 2.22. The number of halogens is 3. The predicted molar refractivity (Wildman–Crippen MR) is 73.2 cm³/mol. The van der Waals surface area contributed by atoms with Crippen molar-refractivity contribution in [3.8, 4) is 0 Å². The minimum absolute atomic E-state index is 0.270. The van der Waals surface area contributed by atoms with Crippen LogP contribution in [-0.2, 0) is 6.42 Å². The van der Waals surface area contributed by atoms with Gasteiger partial charge in [0.15, 0.2) is 0 Å². The number of nitrogens with two attached hydrogens (primary N) is 1. The number of benzene rings is 2. The fourth-order valence-electron chi connectivity index (χ4n) is 1.94. The van der Waals surface area contributed by atoms with E-state index < -0.39 is 0 Å². The normalized spacial score (nSPS) is 12.5. The van der Waals surface area contributed by atoms with Crippen LogP contribution in [0.2, 0.25) is 5.02 Å². The topological polar surface area (TPSA) is 26.0 Å². The lowest BCUT2D eigenvalue weighted by Gasteiger charge is -2.14. The lowest BCUT2D eigenvalue weighted by molar-refractivity contribution is 0.591. The third-order valence-electron chi connectivity index (χ3n) is 3.07. The van der Waals surface area contributed by atoms with E-state index in [2.05, 4.69) is 0 Å². The monoisotopic (exact) mass is 281 g/mol. The summed E-state index contributed by atoms with van der Waals surface area (Å²) in [6.45, 7) is 1.68. The average molecular weight is 282 g/mol. The summed E-state index contributed by atoms with van der Waals surface area (Å²) in [5.41, 5.74) is 7.85. The zero-order valence-corrected chi connectivity index (χ0v) is 11.2. The molecule has 0 amide bonds. The molecule has 2 aromatic rings. The Morgan fingerprint density at radius 1 is 1.11 bits per heavy atom. The van der Waals surface area contributed by atoms with Crippen LogP contribution >= 0.6 is 11.6 Å². The highest BCUT2D eigenvalue weighted by Gasteiger charge is 2.12. The van der Waals surface area contributed by atoms with E-state index in [0.717, 1.165) is 5.56 Å². The van der Waals surface area contributed by atoms with Crippen LogP contribution in [0.15, 0.2) is 36.4 Å². The molecule has 0 fully saturated rings. The van der Waals surface area contributed by atoms with Crippen LogP contribution < -0.4 is 5.73 Å². The van der Waals surface area contributed by atoms with Crippen LogP contribution in [0.25, 0.3) is 0 Å². The molecule has 100 valence electrons. The summed E-state index contributed by atoms with van der Waals surface area (Å²) in [5, 5.41) is 0.354. The minimum atomic E-state index is -0.380. The molecule has 0 heterocycles. The second kappa shape index (κ2) is 5.68. The van der Waals surface area contributed by atoms with Gasteiger partial charge < -0.3 is 5.73 Å². The second-order valence-corrected chi connectivity index (χ2v) is 4.99. The van der Waals surface area contributed by atoms with E-state index in [1.807, 2.05) is 0 Å². The van der Waals surface area contributed by atoms with E-state index in [1.165, 1.54) is 12.1 Å². The van der Waals surface area contributed by atoms with Gasteiger partial charge in [-0.2, -0.15) is 0 Å². The maximum absolute atomic E-state index is 13.7. The highest BCUT2D eigenvalue weighted by atomic mass is 35.5. The first kappa shape index (κ1) is 14.0. The summed E-state index contributed by atoms with van der Waals surface area (Å²) < 4.78 is 26.9. The van der Waals surface area contributed by atoms with Crippen LogP contribution in [0.4, 0.5) is 8.78 Å². The molecule has 0 bridgehead atoms. The van der Waals surface area contributed by atoms with Crippen LogP contribution in [0.5, 0.6) is 0 Å². The summed E-state index contributed by atoms with van der Waals surface area (Å²) in [4.78, 5) is 0. The summed E-state index contributed by atoms with van der Waals surface area (Å²) in [6.07, 6.45) is 0.341. The van der Waals surface area contributed by atoms with Crippen molar-refractivity contribution >= 4 is 11.6 Å². The molecular formula is C15H14ClF2N. The van der Waals surface area contributed by atoms with Crippen molar-refractivity contribution in [2.75, 3.05) is 0 Å². The molecule has 0 aliphatic carbocycles. The number of rotatable bonds is 3. The molecule has 2 N–H and O–H groups in total. The summed E-state index contributed by atoms with van der Waals surface area (Å²) >= 11 is 5.70. The van der Waals surface area contributed by atoms with Crippen molar-refractivity contribution in [1.82, 2.24) is 0 Å². The molecule has 0 saturated carbocycles. The smallest absolute Gasteiger partial charge is 0.127 e. The Hall–Kier alpha value is -1.45. The SMILES string of the molecule is Cc1cc(C(N)Cc2ccc(Cl)cc2F)ccc1F. The van der Waals surface area contributed by atoms with E-state index in [-0.39, 0.29) is 17.7 Å². The van der Waals surface area contributed by atoms with Gasteiger partial charge >= 0.3 is 0 Å². The van der Waals surface area contributed by atoms with Gasteiger partial charge in [-0.25, -0.2) is 8.78 Å². The lowest BCUT2D eigenvalue weighted by Crippen LogP contribution is -2.14. The van der Waals surface area contributed by atoms with Crippen molar-refractivity contribution < 1.29 is 8.78 Å². The van der Waals surface area contributed by atoms with Gasteiger partial charge in [0.1, 0.15) is 11.6 Å². The molecule has 2 rings (SSSR count). The molecule has 19 heavy (non-hydrogen) atoms. The third kappa shape index (κ3) is 3.31. The summed E-state index contributed by atoms with van der Waals surface area (Å²) in [5.74, 6) is -0.643. The summed E-state index contributed by atoms with van der Waals surface area (Å²) in [7, 11) is 0. The van der Waals surface area contributed by atoms with E-state index >= 15 is 0 Å². The van der Waals surface area contributed by atoms with E-state index in [1.54, 1.807) is 31.2 Å². The third-order valence-corrected chi connectivity index (χ3v) is 3.30. The molecule has 2 aromatic carbocycles. The Bertz CT molecular complexity index is 599. The molecule has 0 spiro atoms. The van der Waals surface area contributed by atoms with Crippen LogP contribution in [-0.4, -0.2) is 0 Å². The molecule has 0 aliphatic rings. The fraction of sp³-hybridized carbons (Fsp3) is 0.200. The molecule has 0 aromatic heterocycles. The standard InChI is InChI=1S/C15H14ClF2N/c1-9-6-11(3-5-13(9)17)15(19)7-10-2-4-12(16)8-14(10)18/h2-6,8,15H,7,19H2,1H3. The molecule has 0 radical (unpaired) electrons. The minimum Gasteiger partial charge on any atom is -0.324 e. The van der Waals surface area contributed by atoms with Crippen molar-refractivity contribution in [3.63, 3.8) is 0 Å². The first-order valence-corrected chi connectivity index (χ1v) is 6.30. The number of hydrogen-bond donors (Lipinski definition) is 1. The van der Waals surface area contributed by atoms with Gasteiger partial charge in [0.25, 0.3) is 0 Å². The highest BCUT2D eigenvalue weighted by molar-refractivity contribution is 6.30. The van der Waals surface area contributed by atoms with E-state index in [9.17, 15) is 8.78 Å². The van der Waals surface area contributed by atoms with Crippen LogP contribution in [0.3, 0.4) is 0 Å². The van der Waals surface area contributed by atoms with Gasteiger partial charge in [-0.1, -0.05) is 29.8 Å². The molecular weight excluding hydrogens is 268 g/mol. The zero-order chi connectivity index (χ0) is 14.0. The van der Waals surface area contributed by atoms with Crippen LogP contribution in [0.1, 0.15) is 22.7 Å². The van der Waals surface area contributed by atoms with Gasteiger partial charge in [-0.05, 0) is 48.2 Å². The Morgan fingerprint density at radius 3 is 2.47 bits per heavy atom. The first-order valence-electron chi connectivity index (χ1n) is 5.93. The number of aryl methyl sites for hydroxylation is 1. The molecule has 0 saturated heterocycles. The van der Waals surface area contributed by atoms with Crippen molar-refractivity contribution in [2.24, 2.45) is 5.73 Å². The number of hydrogen-bond acceptors (Lipinski definition) is 1.